The van der Waals surface area contributed by atoms with Crippen LogP contribution in [0.4, 0.5) is 5.69 Å². The molecule has 0 aliphatic heterocycles. The molecule has 0 aliphatic rings. The van der Waals surface area contributed by atoms with Crippen molar-refractivity contribution in [3.63, 3.8) is 0 Å². The molecule has 4 heteroatoms. The summed E-state index contributed by atoms with van der Waals surface area (Å²) in [4.78, 5) is 4.04. The van der Waals surface area contributed by atoms with Crippen LogP contribution in [0.25, 0.3) is 11.1 Å². The van der Waals surface area contributed by atoms with Crippen LogP contribution in [0.3, 0.4) is 0 Å². The summed E-state index contributed by atoms with van der Waals surface area (Å²) in [7, 11) is 1.59. The summed E-state index contributed by atoms with van der Waals surface area (Å²) in [5.74, 6) is 0.636. The summed E-state index contributed by atoms with van der Waals surface area (Å²) in [6.45, 7) is 0. The van der Waals surface area contributed by atoms with Gasteiger partial charge in [-0.3, -0.25) is 4.98 Å². The molecular weight excluding hydrogens is 224 g/mol. The molecule has 2 N–H and O–H groups in total. The molecule has 1 aromatic heterocycles. The van der Waals surface area contributed by atoms with Gasteiger partial charge in [0, 0.05) is 23.5 Å². The Morgan fingerprint density at radius 1 is 1.31 bits per heavy atom. The predicted octanol–water partition coefficient (Wildman–Crippen LogP) is 2.99. The van der Waals surface area contributed by atoms with E-state index in [1.807, 2.05) is 18.2 Å². The Morgan fingerprint density at radius 3 is 2.81 bits per heavy atom. The third-order valence-electron chi connectivity index (χ3n) is 2.24. The van der Waals surface area contributed by atoms with Gasteiger partial charge < -0.3 is 10.5 Å². The first-order valence-electron chi connectivity index (χ1n) is 4.76. The molecule has 0 fully saturated rings. The normalized spacial score (nSPS) is 10.1. The summed E-state index contributed by atoms with van der Waals surface area (Å²) in [6, 6.07) is 7.40. The Morgan fingerprint density at radius 2 is 2.12 bits per heavy atom. The van der Waals surface area contributed by atoms with Gasteiger partial charge in [0.25, 0.3) is 0 Å². The van der Waals surface area contributed by atoms with Gasteiger partial charge in [-0.05, 0) is 12.1 Å². The number of nitrogen functional groups attached to an aromatic ring is 1. The van der Waals surface area contributed by atoms with Gasteiger partial charge in [-0.15, -0.1) is 0 Å². The van der Waals surface area contributed by atoms with E-state index in [1.54, 1.807) is 25.6 Å². The molecule has 0 aliphatic carbocycles. The highest BCUT2D eigenvalue weighted by Crippen LogP contribution is 2.35. The number of para-hydroxylation sites is 1. The van der Waals surface area contributed by atoms with Gasteiger partial charge in [0.1, 0.15) is 5.75 Å². The van der Waals surface area contributed by atoms with Gasteiger partial charge in [-0.25, -0.2) is 0 Å². The minimum absolute atomic E-state index is 0.572. The molecule has 0 amide bonds. The summed E-state index contributed by atoms with van der Waals surface area (Å²) < 4.78 is 5.27. The molecule has 16 heavy (non-hydrogen) atoms. The van der Waals surface area contributed by atoms with Crippen molar-refractivity contribution in [2.24, 2.45) is 0 Å². The number of halogens is 1. The maximum atomic E-state index is 6.04. The maximum Gasteiger partial charge on any atom is 0.145 e. The summed E-state index contributed by atoms with van der Waals surface area (Å²) >= 11 is 6.04. The first-order chi connectivity index (χ1) is 7.72. The third kappa shape index (κ3) is 1.95. The predicted molar refractivity (Wildman–Crippen MR) is 65.6 cm³/mol. The van der Waals surface area contributed by atoms with Gasteiger partial charge >= 0.3 is 0 Å². The Labute approximate surface area is 98.8 Å². The van der Waals surface area contributed by atoms with Crippen LogP contribution in [-0.4, -0.2) is 12.1 Å². The van der Waals surface area contributed by atoms with Crippen LogP contribution < -0.4 is 10.5 Å². The topological polar surface area (TPSA) is 48.1 Å². The number of pyridine rings is 1. The molecule has 82 valence electrons. The molecule has 0 radical (unpaired) electrons. The maximum absolute atomic E-state index is 6.04. The third-order valence-corrected chi connectivity index (χ3v) is 2.54. The van der Waals surface area contributed by atoms with Crippen LogP contribution in [0.15, 0.2) is 36.7 Å². The van der Waals surface area contributed by atoms with Crippen molar-refractivity contribution >= 4 is 17.3 Å². The lowest BCUT2D eigenvalue weighted by atomic mass is 10.1. The second-order valence-electron chi connectivity index (χ2n) is 3.33. The van der Waals surface area contributed by atoms with Crippen LogP contribution in [0.2, 0.25) is 5.02 Å². The average molecular weight is 235 g/mol. The molecule has 0 spiro atoms. The van der Waals surface area contributed by atoms with Crippen LogP contribution in [-0.2, 0) is 0 Å². The van der Waals surface area contributed by atoms with Crippen LogP contribution in [0, 0.1) is 0 Å². The van der Waals surface area contributed by atoms with E-state index >= 15 is 0 Å². The SMILES string of the molecule is COc1c(Cl)cccc1-c1cncc(N)c1. The van der Waals surface area contributed by atoms with E-state index < -0.39 is 0 Å². The van der Waals surface area contributed by atoms with Crippen molar-refractivity contribution in [3.8, 4) is 16.9 Å². The molecule has 0 atom stereocenters. The lowest BCUT2D eigenvalue weighted by molar-refractivity contribution is 0.416. The molecule has 2 aromatic rings. The number of nitrogens with zero attached hydrogens (tertiary/aromatic N) is 1. The Bertz CT molecular complexity index is 514. The summed E-state index contributed by atoms with van der Waals surface area (Å²) in [5, 5.41) is 0.572. The zero-order valence-electron chi connectivity index (χ0n) is 8.77. The van der Waals surface area contributed by atoms with Crippen LogP contribution >= 0.6 is 11.6 Å². The molecule has 1 heterocycles. The average Bonchev–Trinajstić information content (AvgIpc) is 2.28. The van der Waals surface area contributed by atoms with Crippen molar-refractivity contribution in [2.75, 3.05) is 12.8 Å². The zero-order valence-corrected chi connectivity index (χ0v) is 9.53. The van der Waals surface area contributed by atoms with Gasteiger partial charge in [-0.2, -0.15) is 0 Å². The second kappa shape index (κ2) is 4.41. The van der Waals surface area contributed by atoms with Crippen molar-refractivity contribution in [1.82, 2.24) is 4.98 Å². The van der Waals surface area contributed by atoms with Crippen LogP contribution in [0.1, 0.15) is 0 Å². The minimum atomic E-state index is 0.572. The number of hydrogen-bond acceptors (Lipinski definition) is 3. The van der Waals surface area contributed by atoms with Gasteiger partial charge in [0.15, 0.2) is 0 Å². The Kier molecular flexibility index (Phi) is 2.97. The van der Waals surface area contributed by atoms with Crippen LogP contribution in [0.5, 0.6) is 5.75 Å². The Balaban J connectivity index is 2.60. The lowest BCUT2D eigenvalue weighted by Crippen LogP contribution is -1.91. The minimum Gasteiger partial charge on any atom is -0.495 e. The number of hydrogen-bond donors (Lipinski definition) is 1. The van der Waals surface area contributed by atoms with E-state index in [0.29, 0.717) is 16.5 Å². The molecule has 2 rings (SSSR count). The highest BCUT2D eigenvalue weighted by Gasteiger charge is 2.09. The molecular formula is C12H11ClN2O. The van der Waals surface area contributed by atoms with Crippen molar-refractivity contribution in [3.05, 3.63) is 41.7 Å². The monoisotopic (exact) mass is 234 g/mol. The second-order valence-corrected chi connectivity index (χ2v) is 3.73. The van der Waals surface area contributed by atoms with E-state index in [1.165, 1.54) is 0 Å². The first kappa shape index (κ1) is 10.8. The van der Waals surface area contributed by atoms with E-state index in [2.05, 4.69) is 4.98 Å². The number of benzene rings is 1. The largest absolute Gasteiger partial charge is 0.495 e. The fourth-order valence-electron chi connectivity index (χ4n) is 1.55. The van der Waals surface area contributed by atoms with Gasteiger partial charge in [0.05, 0.1) is 17.8 Å². The van der Waals surface area contributed by atoms with E-state index in [0.717, 1.165) is 11.1 Å². The summed E-state index contributed by atoms with van der Waals surface area (Å²) in [5.41, 5.74) is 8.07. The van der Waals surface area contributed by atoms with Gasteiger partial charge in [-0.1, -0.05) is 23.7 Å². The highest BCUT2D eigenvalue weighted by molar-refractivity contribution is 6.32. The van der Waals surface area contributed by atoms with Crippen molar-refractivity contribution in [2.45, 2.75) is 0 Å². The van der Waals surface area contributed by atoms with Crippen molar-refractivity contribution in [1.29, 1.82) is 0 Å². The fraction of sp³-hybridized carbons (Fsp3) is 0.0833. The molecule has 0 bridgehead atoms. The van der Waals surface area contributed by atoms with E-state index in [-0.39, 0.29) is 0 Å². The Hall–Kier alpha value is -1.74. The van der Waals surface area contributed by atoms with Crippen molar-refractivity contribution < 1.29 is 4.74 Å². The summed E-state index contributed by atoms with van der Waals surface area (Å²) in [6.07, 6.45) is 3.32. The number of anilines is 1. The van der Waals surface area contributed by atoms with E-state index in [4.69, 9.17) is 22.1 Å². The zero-order chi connectivity index (χ0) is 11.5. The molecule has 0 unspecified atom stereocenters. The van der Waals surface area contributed by atoms with Gasteiger partial charge in [0.2, 0.25) is 0 Å². The highest BCUT2D eigenvalue weighted by atomic mass is 35.5. The number of nitrogens with two attached hydrogens (primary N) is 1. The number of aromatic nitrogens is 1. The smallest absolute Gasteiger partial charge is 0.145 e. The first-order valence-corrected chi connectivity index (χ1v) is 5.13. The standard InChI is InChI=1S/C12H11ClN2O/c1-16-12-10(3-2-4-11(12)13)8-5-9(14)7-15-6-8/h2-7H,14H2,1H3. The lowest BCUT2D eigenvalue weighted by Gasteiger charge is -2.10. The van der Waals surface area contributed by atoms with E-state index in [9.17, 15) is 0 Å². The quantitative estimate of drug-likeness (QED) is 0.869. The molecule has 1 aromatic carbocycles. The molecule has 0 saturated carbocycles. The number of rotatable bonds is 2. The number of ether oxygens (including phenoxy) is 1. The number of methoxy groups -OCH3 is 1. The molecule has 0 saturated heterocycles. The molecule has 3 nitrogen and oxygen atoms in total. The fourth-order valence-corrected chi connectivity index (χ4v) is 1.80.